The number of piperidine rings is 1. The quantitative estimate of drug-likeness (QED) is 0.517. The van der Waals surface area contributed by atoms with Crippen LogP contribution in [0.1, 0.15) is 54.7 Å². The standard InChI is InChI=1S/C26H31N3O4S/c1-4-21-18(3)25(20-11-7-8-12-22(20)27-21)26(30)28-23-17-19(13-14-24(23)33-5-2)34(31,32)29-15-9-6-10-16-29/h7-8,11-14,17H,4-6,9-10,15-16H2,1-3H3,(H,28,30). The average Bonchev–Trinajstić information content (AvgIpc) is 2.85. The third kappa shape index (κ3) is 4.65. The fourth-order valence-electron chi connectivity index (χ4n) is 4.48. The van der Waals surface area contributed by atoms with Gasteiger partial charge in [-0.05, 0) is 62.9 Å². The van der Waals surface area contributed by atoms with Crippen LogP contribution in [0.2, 0.25) is 0 Å². The molecule has 1 aliphatic heterocycles. The van der Waals surface area contributed by atoms with Gasteiger partial charge in [0, 0.05) is 24.2 Å². The predicted octanol–water partition coefficient (Wildman–Crippen LogP) is 4.93. The van der Waals surface area contributed by atoms with Crippen LogP contribution in [-0.2, 0) is 16.4 Å². The minimum Gasteiger partial charge on any atom is -0.492 e. The summed E-state index contributed by atoms with van der Waals surface area (Å²) >= 11 is 0. The Hall–Kier alpha value is -2.97. The predicted molar refractivity (Wildman–Crippen MR) is 134 cm³/mol. The molecule has 0 bridgehead atoms. The number of nitrogens with zero attached hydrogens (tertiary/aromatic N) is 2. The molecule has 4 rings (SSSR count). The third-order valence-corrected chi connectivity index (χ3v) is 8.15. The van der Waals surface area contributed by atoms with Crippen molar-refractivity contribution < 1.29 is 17.9 Å². The van der Waals surface area contributed by atoms with Crippen LogP contribution >= 0.6 is 0 Å². The number of anilines is 1. The maximum atomic E-state index is 13.6. The van der Waals surface area contributed by atoms with E-state index in [0.29, 0.717) is 43.1 Å². The summed E-state index contributed by atoms with van der Waals surface area (Å²) in [4.78, 5) is 18.4. The Morgan fingerprint density at radius 1 is 1.09 bits per heavy atom. The van der Waals surface area contributed by atoms with Gasteiger partial charge in [0.2, 0.25) is 10.0 Å². The van der Waals surface area contributed by atoms with Gasteiger partial charge < -0.3 is 10.1 Å². The van der Waals surface area contributed by atoms with Gasteiger partial charge in [-0.3, -0.25) is 9.78 Å². The summed E-state index contributed by atoms with van der Waals surface area (Å²) in [6.45, 7) is 7.16. The number of nitrogens with one attached hydrogen (secondary N) is 1. The van der Waals surface area contributed by atoms with Gasteiger partial charge in [-0.15, -0.1) is 0 Å². The Morgan fingerprint density at radius 2 is 1.82 bits per heavy atom. The van der Waals surface area contributed by atoms with Crippen molar-refractivity contribution in [2.75, 3.05) is 25.0 Å². The molecule has 7 nitrogen and oxygen atoms in total. The smallest absolute Gasteiger partial charge is 0.256 e. The molecule has 0 unspecified atom stereocenters. The Morgan fingerprint density at radius 3 is 2.53 bits per heavy atom. The van der Waals surface area contributed by atoms with Gasteiger partial charge in [0.15, 0.2) is 0 Å². The maximum Gasteiger partial charge on any atom is 0.256 e. The van der Waals surface area contributed by atoms with Gasteiger partial charge in [0.25, 0.3) is 5.91 Å². The number of sulfonamides is 1. The lowest BCUT2D eigenvalue weighted by molar-refractivity contribution is 0.102. The molecule has 1 N–H and O–H groups in total. The van der Waals surface area contributed by atoms with E-state index in [1.807, 2.05) is 45.0 Å². The number of carbonyl (C=O) groups excluding carboxylic acids is 1. The van der Waals surface area contributed by atoms with E-state index in [1.165, 1.54) is 10.4 Å². The van der Waals surface area contributed by atoms with Crippen LogP contribution < -0.4 is 10.1 Å². The number of hydrogen-bond donors (Lipinski definition) is 1. The minimum absolute atomic E-state index is 0.152. The molecule has 0 atom stereocenters. The second-order valence-electron chi connectivity index (χ2n) is 8.44. The van der Waals surface area contributed by atoms with E-state index in [-0.39, 0.29) is 10.8 Å². The molecular formula is C26H31N3O4S. The average molecular weight is 482 g/mol. The summed E-state index contributed by atoms with van der Waals surface area (Å²) < 4.78 is 33.7. The van der Waals surface area contributed by atoms with Gasteiger partial charge in [0.05, 0.1) is 28.3 Å². The summed E-state index contributed by atoms with van der Waals surface area (Å²) in [7, 11) is -3.65. The number of fused-ring (bicyclic) bond motifs is 1. The molecule has 0 saturated carbocycles. The molecular weight excluding hydrogens is 450 g/mol. The number of ether oxygens (including phenoxy) is 1. The fourth-order valence-corrected chi connectivity index (χ4v) is 6.03. The van der Waals surface area contributed by atoms with E-state index in [4.69, 9.17) is 9.72 Å². The Kier molecular flexibility index (Phi) is 7.19. The number of pyridine rings is 1. The summed E-state index contributed by atoms with van der Waals surface area (Å²) in [5.41, 5.74) is 3.29. The third-order valence-electron chi connectivity index (χ3n) is 6.25. The molecule has 0 aliphatic carbocycles. The zero-order valence-electron chi connectivity index (χ0n) is 19.9. The normalized spacial score (nSPS) is 14.8. The van der Waals surface area contributed by atoms with Crippen LogP contribution in [-0.4, -0.2) is 43.3 Å². The molecule has 0 spiro atoms. The first-order valence-electron chi connectivity index (χ1n) is 11.8. The topological polar surface area (TPSA) is 88.6 Å². The molecule has 2 heterocycles. The second kappa shape index (κ2) is 10.1. The van der Waals surface area contributed by atoms with Crippen molar-refractivity contribution >= 4 is 32.5 Å². The molecule has 1 saturated heterocycles. The van der Waals surface area contributed by atoms with Gasteiger partial charge in [0.1, 0.15) is 5.75 Å². The van der Waals surface area contributed by atoms with Gasteiger partial charge in [-0.25, -0.2) is 8.42 Å². The van der Waals surface area contributed by atoms with Crippen LogP contribution in [0, 0.1) is 6.92 Å². The van der Waals surface area contributed by atoms with Crippen LogP contribution in [0.4, 0.5) is 5.69 Å². The zero-order valence-corrected chi connectivity index (χ0v) is 20.7. The first-order chi connectivity index (χ1) is 16.4. The summed E-state index contributed by atoms with van der Waals surface area (Å²) in [5, 5.41) is 3.69. The molecule has 2 aromatic carbocycles. The Bertz CT molecular complexity index is 1320. The fraction of sp³-hybridized carbons (Fsp3) is 0.385. The lowest BCUT2D eigenvalue weighted by Gasteiger charge is -2.26. The number of rotatable bonds is 7. The lowest BCUT2D eigenvalue weighted by Crippen LogP contribution is -2.35. The van der Waals surface area contributed by atoms with Crippen LogP contribution in [0.15, 0.2) is 47.4 Å². The van der Waals surface area contributed by atoms with Crippen molar-refractivity contribution in [3.8, 4) is 5.75 Å². The number of hydrogen-bond acceptors (Lipinski definition) is 5. The summed E-state index contributed by atoms with van der Waals surface area (Å²) in [6.07, 6.45) is 3.45. The number of benzene rings is 2. The first-order valence-corrected chi connectivity index (χ1v) is 13.3. The van der Waals surface area contributed by atoms with E-state index in [2.05, 4.69) is 5.32 Å². The van der Waals surface area contributed by atoms with E-state index in [0.717, 1.165) is 41.4 Å². The van der Waals surface area contributed by atoms with E-state index >= 15 is 0 Å². The van der Waals surface area contributed by atoms with E-state index < -0.39 is 10.0 Å². The zero-order chi connectivity index (χ0) is 24.3. The summed E-state index contributed by atoms with van der Waals surface area (Å²) in [6, 6.07) is 12.2. The molecule has 3 aromatic rings. The van der Waals surface area contributed by atoms with Crippen molar-refractivity contribution in [3.05, 3.63) is 59.3 Å². The van der Waals surface area contributed by atoms with Gasteiger partial charge in [-0.2, -0.15) is 4.31 Å². The van der Waals surface area contributed by atoms with Crippen molar-refractivity contribution in [1.82, 2.24) is 9.29 Å². The Labute approximate surface area is 201 Å². The molecule has 0 radical (unpaired) electrons. The monoisotopic (exact) mass is 481 g/mol. The van der Waals surface area contributed by atoms with Crippen molar-refractivity contribution in [2.24, 2.45) is 0 Å². The highest BCUT2D eigenvalue weighted by atomic mass is 32.2. The van der Waals surface area contributed by atoms with Crippen LogP contribution in [0.25, 0.3) is 10.9 Å². The van der Waals surface area contributed by atoms with Crippen molar-refractivity contribution in [2.45, 2.75) is 51.3 Å². The molecule has 1 aromatic heterocycles. The summed E-state index contributed by atoms with van der Waals surface area (Å²) in [5.74, 6) is 0.111. The molecule has 1 amide bonds. The number of carbonyl (C=O) groups is 1. The highest BCUT2D eigenvalue weighted by molar-refractivity contribution is 7.89. The van der Waals surface area contributed by atoms with Crippen molar-refractivity contribution in [1.29, 1.82) is 0 Å². The van der Waals surface area contributed by atoms with Crippen LogP contribution in [0.3, 0.4) is 0 Å². The largest absolute Gasteiger partial charge is 0.492 e. The number of aromatic nitrogens is 1. The first kappa shape index (κ1) is 24.2. The highest BCUT2D eigenvalue weighted by Crippen LogP contribution is 2.32. The minimum atomic E-state index is -3.65. The highest BCUT2D eigenvalue weighted by Gasteiger charge is 2.27. The molecule has 8 heteroatoms. The molecule has 180 valence electrons. The van der Waals surface area contributed by atoms with Crippen LogP contribution in [0.5, 0.6) is 5.75 Å². The second-order valence-corrected chi connectivity index (χ2v) is 10.4. The number of amides is 1. The van der Waals surface area contributed by atoms with E-state index in [9.17, 15) is 13.2 Å². The SMILES string of the molecule is CCOc1ccc(S(=O)(=O)N2CCCCC2)cc1NC(=O)c1c(C)c(CC)nc2ccccc12. The van der Waals surface area contributed by atoms with Crippen molar-refractivity contribution in [3.63, 3.8) is 0 Å². The maximum absolute atomic E-state index is 13.6. The van der Waals surface area contributed by atoms with E-state index in [1.54, 1.807) is 12.1 Å². The molecule has 1 aliphatic rings. The Balaban J connectivity index is 1.76. The molecule has 1 fully saturated rings. The lowest BCUT2D eigenvalue weighted by atomic mass is 9.99. The number of aryl methyl sites for hydroxylation is 1. The van der Waals surface area contributed by atoms with Gasteiger partial charge in [-0.1, -0.05) is 31.5 Å². The van der Waals surface area contributed by atoms with Gasteiger partial charge >= 0.3 is 0 Å². The number of para-hydroxylation sites is 1. The molecule has 34 heavy (non-hydrogen) atoms.